The van der Waals surface area contributed by atoms with E-state index in [1.54, 1.807) is 30.7 Å². The maximum atomic E-state index is 12.0. The molecule has 0 aliphatic heterocycles. The van der Waals surface area contributed by atoms with Gasteiger partial charge in [0.05, 0.1) is 31.0 Å². The lowest BCUT2D eigenvalue weighted by Crippen LogP contribution is -2.23. The SMILES string of the molecule is [C-]#[N+]c1ccc(CN(Cc2ccc(Oc3cccc(OCc4ccoc4)c3)cc2)c2cccc(NS(C)(=O)=O)c2C)cc1. The number of furan rings is 1. The Bertz CT molecular complexity index is 1810. The van der Waals surface area contributed by atoms with Gasteiger partial charge >= 0.3 is 0 Å². The summed E-state index contributed by atoms with van der Waals surface area (Å²) >= 11 is 0. The van der Waals surface area contributed by atoms with Crippen molar-refractivity contribution in [2.24, 2.45) is 0 Å². The van der Waals surface area contributed by atoms with Crippen LogP contribution >= 0.6 is 0 Å². The molecule has 5 aromatic rings. The highest BCUT2D eigenvalue weighted by Gasteiger charge is 2.15. The Morgan fingerprint density at radius 2 is 1.51 bits per heavy atom. The van der Waals surface area contributed by atoms with Crippen molar-refractivity contribution in [1.29, 1.82) is 0 Å². The summed E-state index contributed by atoms with van der Waals surface area (Å²) in [6, 6.07) is 30.3. The number of nitrogens with one attached hydrogen (secondary N) is 1. The van der Waals surface area contributed by atoms with Gasteiger partial charge in [-0.2, -0.15) is 0 Å². The third-order valence-electron chi connectivity index (χ3n) is 6.70. The first-order valence-corrected chi connectivity index (χ1v) is 15.4. The van der Waals surface area contributed by atoms with Crippen LogP contribution in [0.2, 0.25) is 0 Å². The molecule has 0 fully saturated rings. The number of sulfonamides is 1. The van der Waals surface area contributed by atoms with Crippen molar-refractivity contribution in [2.75, 3.05) is 15.9 Å². The van der Waals surface area contributed by atoms with Crippen LogP contribution in [0.3, 0.4) is 0 Å². The van der Waals surface area contributed by atoms with Gasteiger partial charge in [-0.1, -0.05) is 48.5 Å². The molecule has 1 N–H and O–H groups in total. The van der Waals surface area contributed by atoms with Gasteiger partial charge in [-0.3, -0.25) is 4.72 Å². The fourth-order valence-electron chi connectivity index (χ4n) is 4.59. The molecular formula is C34H31N3O5S. The molecule has 0 bridgehead atoms. The van der Waals surface area contributed by atoms with E-state index >= 15 is 0 Å². The average Bonchev–Trinajstić information content (AvgIpc) is 3.52. The van der Waals surface area contributed by atoms with Crippen LogP contribution in [0.15, 0.2) is 114 Å². The fraction of sp³-hybridized carbons (Fsp3) is 0.147. The lowest BCUT2D eigenvalue weighted by atomic mass is 10.1. The van der Waals surface area contributed by atoms with Crippen molar-refractivity contribution < 1.29 is 22.3 Å². The number of hydrogen-bond acceptors (Lipinski definition) is 6. The summed E-state index contributed by atoms with van der Waals surface area (Å²) in [5.74, 6) is 2.04. The van der Waals surface area contributed by atoms with Crippen molar-refractivity contribution in [3.63, 3.8) is 0 Å². The van der Waals surface area contributed by atoms with Crippen molar-refractivity contribution in [1.82, 2.24) is 0 Å². The third-order valence-corrected chi connectivity index (χ3v) is 7.29. The van der Waals surface area contributed by atoms with E-state index in [-0.39, 0.29) is 0 Å². The Morgan fingerprint density at radius 3 is 2.16 bits per heavy atom. The Morgan fingerprint density at radius 1 is 0.837 bits per heavy atom. The summed E-state index contributed by atoms with van der Waals surface area (Å²) in [5.41, 5.74) is 5.86. The Labute approximate surface area is 252 Å². The highest BCUT2D eigenvalue weighted by molar-refractivity contribution is 7.92. The number of ether oxygens (including phenoxy) is 2. The van der Waals surface area contributed by atoms with E-state index in [1.165, 1.54) is 0 Å². The predicted molar refractivity (Wildman–Crippen MR) is 168 cm³/mol. The van der Waals surface area contributed by atoms with Gasteiger partial charge in [0.1, 0.15) is 23.9 Å². The number of anilines is 2. The van der Waals surface area contributed by atoms with Gasteiger partial charge in [-0.05, 0) is 66.1 Å². The summed E-state index contributed by atoms with van der Waals surface area (Å²) in [5, 5.41) is 0. The lowest BCUT2D eigenvalue weighted by Gasteiger charge is -2.28. The zero-order chi connectivity index (χ0) is 30.2. The van der Waals surface area contributed by atoms with Crippen molar-refractivity contribution in [2.45, 2.75) is 26.6 Å². The number of benzene rings is 4. The minimum absolute atomic E-state index is 0.404. The Balaban J connectivity index is 1.33. The first kappa shape index (κ1) is 29.3. The highest BCUT2D eigenvalue weighted by atomic mass is 32.2. The fourth-order valence-corrected chi connectivity index (χ4v) is 5.21. The van der Waals surface area contributed by atoms with Crippen LogP contribution in [0.25, 0.3) is 4.85 Å². The van der Waals surface area contributed by atoms with Gasteiger partial charge in [-0.15, -0.1) is 0 Å². The molecule has 0 unspecified atom stereocenters. The van der Waals surface area contributed by atoms with Crippen molar-refractivity contribution in [3.8, 4) is 17.2 Å². The van der Waals surface area contributed by atoms with E-state index in [1.807, 2.05) is 85.8 Å². The zero-order valence-electron chi connectivity index (χ0n) is 23.9. The molecule has 9 heteroatoms. The molecule has 0 aliphatic carbocycles. The third kappa shape index (κ3) is 8.18. The molecule has 1 heterocycles. The second-order valence-corrected chi connectivity index (χ2v) is 11.8. The van der Waals surface area contributed by atoms with Gasteiger partial charge in [-0.25, -0.2) is 13.3 Å². The van der Waals surface area contributed by atoms with E-state index < -0.39 is 10.0 Å². The lowest BCUT2D eigenvalue weighted by molar-refractivity contribution is 0.303. The summed E-state index contributed by atoms with van der Waals surface area (Å²) in [4.78, 5) is 5.67. The molecule has 0 saturated heterocycles. The second kappa shape index (κ2) is 13.2. The van der Waals surface area contributed by atoms with Crippen LogP contribution in [0, 0.1) is 13.5 Å². The van der Waals surface area contributed by atoms with Gasteiger partial charge in [0, 0.05) is 30.4 Å². The zero-order valence-corrected chi connectivity index (χ0v) is 24.7. The first-order chi connectivity index (χ1) is 20.8. The summed E-state index contributed by atoms with van der Waals surface area (Å²) in [6.07, 6.45) is 4.41. The number of nitrogens with zero attached hydrogens (tertiary/aromatic N) is 2. The van der Waals surface area contributed by atoms with Gasteiger partial charge in [0.15, 0.2) is 5.69 Å². The van der Waals surface area contributed by atoms with Crippen LogP contribution in [0.4, 0.5) is 17.1 Å². The van der Waals surface area contributed by atoms with Crippen LogP contribution in [-0.4, -0.2) is 14.7 Å². The molecule has 0 amide bonds. The number of hydrogen-bond donors (Lipinski definition) is 1. The molecular weight excluding hydrogens is 562 g/mol. The number of rotatable bonds is 12. The normalized spacial score (nSPS) is 11.0. The van der Waals surface area contributed by atoms with E-state index in [0.29, 0.717) is 48.3 Å². The second-order valence-electron chi connectivity index (χ2n) is 10.1. The molecule has 5 rings (SSSR count). The quantitative estimate of drug-likeness (QED) is 0.147. The molecule has 0 spiro atoms. The Hall–Kier alpha value is -5.20. The van der Waals surface area contributed by atoms with Gasteiger partial charge in [0.2, 0.25) is 10.0 Å². The van der Waals surface area contributed by atoms with Gasteiger partial charge in [0.25, 0.3) is 0 Å². The van der Waals surface area contributed by atoms with E-state index in [2.05, 4.69) is 14.5 Å². The van der Waals surface area contributed by atoms with E-state index in [9.17, 15) is 8.42 Å². The summed E-state index contributed by atoms with van der Waals surface area (Å²) in [7, 11) is -3.44. The standard InChI is InChI=1S/C34H31N3O5S/c1-25-33(36-43(3,38)39)8-5-9-34(25)37(21-26-10-14-29(35-2)15-11-26)22-27-12-16-30(17-13-27)42-32-7-4-6-31(20-32)41-24-28-18-19-40-23-28/h4-20,23,36H,21-22,24H2,1,3H3. The summed E-state index contributed by atoms with van der Waals surface area (Å²) in [6.45, 7) is 10.7. The molecule has 0 radical (unpaired) electrons. The van der Waals surface area contributed by atoms with E-state index in [4.69, 9.17) is 20.5 Å². The van der Waals surface area contributed by atoms with Gasteiger partial charge < -0.3 is 18.8 Å². The van der Waals surface area contributed by atoms with Crippen LogP contribution in [0.5, 0.6) is 17.2 Å². The minimum atomic E-state index is -3.44. The minimum Gasteiger partial charge on any atom is -0.489 e. The molecule has 1 aromatic heterocycles. The Kier molecular flexibility index (Phi) is 8.99. The topological polar surface area (TPSA) is 85.4 Å². The highest BCUT2D eigenvalue weighted by Crippen LogP contribution is 2.31. The molecule has 4 aromatic carbocycles. The van der Waals surface area contributed by atoms with Crippen LogP contribution in [0.1, 0.15) is 22.3 Å². The molecule has 8 nitrogen and oxygen atoms in total. The van der Waals surface area contributed by atoms with Crippen molar-refractivity contribution >= 4 is 27.1 Å². The molecule has 0 saturated carbocycles. The predicted octanol–water partition coefficient (Wildman–Crippen LogP) is 8.09. The maximum absolute atomic E-state index is 12.0. The molecule has 0 aliphatic rings. The average molecular weight is 594 g/mol. The van der Waals surface area contributed by atoms with Crippen molar-refractivity contribution in [3.05, 3.63) is 143 Å². The molecule has 218 valence electrons. The molecule has 43 heavy (non-hydrogen) atoms. The summed E-state index contributed by atoms with van der Waals surface area (Å²) < 4.78 is 43.6. The largest absolute Gasteiger partial charge is 0.489 e. The van der Waals surface area contributed by atoms with E-state index in [0.717, 1.165) is 34.2 Å². The first-order valence-electron chi connectivity index (χ1n) is 13.6. The maximum Gasteiger partial charge on any atom is 0.229 e. The van der Waals surface area contributed by atoms with Crippen LogP contribution < -0.4 is 19.1 Å². The van der Waals surface area contributed by atoms with Crippen LogP contribution in [-0.2, 0) is 29.7 Å². The monoisotopic (exact) mass is 593 g/mol. The molecule has 0 atom stereocenters. The smallest absolute Gasteiger partial charge is 0.229 e.